The Labute approximate surface area is 822 Å². The molecule has 4 saturated heterocycles. The molecule has 13 rings (SSSR count). The van der Waals surface area contributed by atoms with E-state index >= 15 is 13.7 Å². The van der Waals surface area contributed by atoms with Crippen LogP contribution in [-0.2, 0) is 186 Å². The summed E-state index contributed by atoms with van der Waals surface area (Å²) in [4.78, 5) is 68.3. The Kier molecular flexibility index (Phi) is 42.4. The number of rotatable bonds is 53. The third kappa shape index (κ3) is 33.0. The van der Waals surface area contributed by atoms with E-state index in [-0.39, 0.29) is 72.6 Å². The highest BCUT2D eigenvalue weighted by Crippen LogP contribution is 2.55. The van der Waals surface area contributed by atoms with Crippen LogP contribution in [0.3, 0.4) is 0 Å². The summed E-state index contributed by atoms with van der Waals surface area (Å²) in [5.41, 5.74) is 6.68. The van der Waals surface area contributed by atoms with Gasteiger partial charge in [-0.25, -0.2) is 4.79 Å². The van der Waals surface area contributed by atoms with E-state index in [1.807, 2.05) is 273 Å². The molecule has 23 atom stereocenters. The number of aliphatic hydroxyl groups excluding tert-OH is 1. The SMILES string of the molecule is COP(=O)(C[C@H]1O[C@H](CO)[C@@H](OCc2ccccc2)[C@H](OCc2ccccc2)[C@@H]1NC(C)=O)OC[C@H]1O[C@H](CP(=O)(OC)OC[C@H]2O[C@H](CP(=O)(OC)OC[C@H]3O[C@H](OCCNC(=O)OCc4ccccc4)[C@@H](NC(C)=O)[C@@H](OCc4ccccc4)[C@@H]3OCc3ccccc3)[C@@H](NC(C)=O)[C@@H](OCc3ccccc3)[C@@H]2OCc2ccccc2)[C@@H](NC(C)=O)[C@@H](OCc2ccccc2)[C@@H]1OCc1ccccc1. The zero-order valence-corrected chi connectivity index (χ0v) is 82.7. The second-order valence-corrected chi connectivity index (χ2v) is 41.2. The molecule has 0 radical (unpaired) electrons. The number of hydrogen-bond acceptors (Lipinski definition) is 29. The molecule has 0 spiro atoms. The predicted octanol–water partition coefficient (Wildman–Crippen LogP) is 13.2. The maximum absolute atomic E-state index is 16.5. The van der Waals surface area contributed by atoms with Crippen molar-refractivity contribution in [2.45, 2.75) is 209 Å². The maximum atomic E-state index is 16.5. The summed E-state index contributed by atoms with van der Waals surface area (Å²) < 4.78 is 182. The first-order chi connectivity index (χ1) is 68.4. The molecule has 4 aliphatic heterocycles. The molecule has 34 nitrogen and oxygen atoms in total. The lowest BCUT2D eigenvalue weighted by molar-refractivity contribution is -0.286. The van der Waals surface area contributed by atoms with Crippen LogP contribution in [0.5, 0.6) is 0 Å². The summed E-state index contributed by atoms with van der Waals surface area (Å²) >= 11 is 0. The summed E-state index contributed by atoms with van der Waals surface area (Å²) in [5.74, 6) is -2.12. The molecule has 4 aliphatic rings. The smallest absolute Gasteiger partial charge is 0.407 e. The quantitative estimate of drug-likeness (QED) is 0.0152. The van der Waals surface area contributed by atoms with Crippen LogP contribution in [0.1, 0.15) is 77.8 Å². The number of ether oxygens (including phenoxy) is 14. The number of amides is 5. The molecule has 9 aromatic carbocycles. The second kappa shape index (κ2) is 55.2. The van der Waals surface area contributed by atoms with E-state index in [0.29, 0.717) is 22.3 Å². The van der Waals surface area contributed by atoms with Gasteiger partial charge in [0, 0.05) is 55.6 Å². The average Bonchev–Trinajstić information content (AvgIpc) is 0.783. The zero-order valence-electron chi connectivity index (χ0n) is 80.0. The molecule has 0 aromatic heterocycles. The van der Waals surface area contributed by atoms with Crippen molar-refractivity contribution in [2.75, 3.05) is 79.4 Å². The number of benzene rings is 9. The lowest BCUT2D eigenvalue weighted by Gasteiger charge is -2.48. The molecule has 4 fully saturated rings. The first-order valence-corrected chi connectivity index (χ1v) is 52.1. The van der Waals surface area contributed by atoms with Crippen molar-refractivity contribution in [3.05, 3.63) is 323 Å². The molecular weight excluding hydrogens is 1880 g/mol. The summed E-state index contributed by atoms with van der Waals surface area (Å²) in [6, 6.07) is 78.3. The molecule has 5 amide bonds. The van der Waals surface area contributed by atoms with Crippen LogP contribution < -0.4 is 26.6 Å². The van der Waals surface area contributed by atoms with E-state index in [4.69, 9.17) is 93.5 Å². The largest absolute Gasteiger partial charge is 0.445 e. The van der Waals surface area contributed by atoms with Crippen molar-refractivity contribution in [2.24, 2.45) is 0 Å². The minimum Gasteiger partial charge on any atom is -0.445 e. The third-order valence-corrected chi connectivity index (χ3v) is 29.9. The lowest BCUT2D eigenvalue weighted by Crippen LogP contribution is -2.66. The van der Waals surface area contributed by atoms with Gasteiger partial charge in [-0.2, -0.15) is 0 Å². The Balaban J connectivity index is 0.828. The summed E-state index contributed by atoms with van der Waals surface area (Å²) in [6.07, 6.45) is -22.8. The van der Waals surface area contributed by atoms with Crippen molar-refractivity contribution in [1.82, 2.24) is 26.6 Å². The monoisotopic (exact) mass is 2000 g/mol. The fourth-order valence-corrected chi connectivity index (χ4v) is 21.8. The van der Waals surface area contributed by atoms with E-state index in [9.17, 15) is 29.1 Å². The Hall–Kier alpha value is -9.98. The fraction of sp³-hybridized carbons (Fsp3) is 0.433. The van der Waals surface area contributed by atoms with Gasteiger partial charge >= 0.3 is 28.9 Å². The van der Waals surface area contributed by atoms with Crippen molar-refractivity contribution in [3.8, 4) is 0 Å². The summed E-state index contributed by atoms with van der Waals surface area (Å²) in [7, 11) is -10.4. The van der Waals surface area contributed by atoms with E-state index < -0.39 is 219 Å². The number of hydrogen-bond donors (Lipinski definition) is 6. The van der Waals surface area contributed by atoms with Crippen molar-refractivity contribution >= 4 is 52.5 Å². The normalized spacial score (nSPS) is 25.8. The zero-order chi connectivity index (χ0) is 99.4. The van der Waals surface area contributed by atoms with Crippen LogP contribution in [0.15, 0.2) is 273 Å². The maximum Gasteiger partial charge on any atom is 0.407 e. The van der Waals surface area contributed by atoms with E-state index in [1.165, 1.54) is 49.0 Å². The van der Waals surface area contributed by atoms with Crippen LogP contribution in [0, 0.1) is 0 Å². The third-order valence-electron chi connectivity index (χ3n) is 24.2. The minimum absolute atomic E-state index is 0.000938. The highest BCUT2D eigenvalue weighted by molar-refractivity contribution is 7.54. The van der Waals surface area contributed by atoms with Gasteiger partial charge in [0.05, 0.1) is 141 Å². The highest BCUT2D eigenvalue weighted by atomic mass is 31.2. The predicted molar refractivity (Wildman–Crippen MR) is 519 cm³/mol. The minimum atomic E-state index is -4.75. The molecule has 4 heterocycles. The van der Waals surface area contributed by atoms with E-state index in [2.05, 4.69) is 26.6 Å². The molecule has 37 heteroatoms. The van der Waals surface area contributed by atoms with Gasteiger partial charge in [-0.05, 0) is 50.1 Å². The lowest BCUT2D eigenvalue weighted by atomic mass is 9.92. The first kappa shape index (κ1) is 108. The van der Waals surface area contributed by atoms with Gasteiger partial charge in [0.15, 0.2) is 6.29 Å². The molecule has 0 saturated carbocycles. The molecule has 3 unspecified atom stereocenters. The van der Waals surface area contributed by atoms with Crippen LogP contribution in [0.2, 0.25) is 0 Å². The number of alkyl carbamates (subject to hydrolysis) is 1. The van der Waals surface area contributed by atoms with Crippen LogP contribution in [0.4, 0.5) is 4.79 Å². The van der Waals surface area contributed by atoms with Gasteiger partial charge in [0.2, 0.25) is 23.6 Å². The fourth-order valence-electron chi connectivity index (χ4n) is 17.3. The molecule has 0 aliphatic carbocycles. The van der Waals surface area contributed by atoms with E-state index in [0.717, 1.165) is 27.8 Å². The molecule has 6 N–H and O–H groups in total. The van der Waals surface area contributed by atoms with Gasteiger partial charge in [0.25, 0.3) is 0 Å². The number of carbonyl (C=O) groups excluding carboxylic acids is 5. The van der Waals surface area contributed by atoms with Gasteiger partial charge in [-0.1, -0.05) is 273 Å². The highest BCUT2D eigenvalue weighted by Gasteiger charge is 2.57. The Bertz CT molecular complexity index is 5410. The van der Waals surface area contributed by atoms with Crippen molar-refractivity contribution in [3.63, 3.8) is 0 Å². The summed E-state index contributed by atoms with van der Waals surface area (Å²) in [6.45, 7) is 2.12. The number of nitrogens with one attached hydrogen (secondary N) is 5. The van der Waals surface area contributed by atoms with Crippen LogP contribution in [-0.4, -0.2) is 236 Å². The van der Waals surface area contributed by atoms with Crippen LogP contribution >= 0.6 is 22.8 Å². The van der Waals surface area contributed by atoms with E-state index in [1.54, 1.807) is 0 Å². The first-order valence-electron chi connectivity index (χ1n) is 46.9. The molecule has 0 bridgehead atoms. The van der Waals surface area contributed by atoms with Gasteiger partial charge in [-0.15, -0.1) is 0 Å². The van der Waals surface area contributed by atoms with Gasteiger partial charge < -0.3 is 125 Å². The molecular formula is C104H128N5O29P3. The van der Waals surface area contributed by atoms with Gasteiger partial charge in [0.1, 0.15) is 85.9 Å². The molecule has 758 valence electrons. The Morgan fingerprint density at radius 3 is 0.752 bits per heavy atom. The summed E-state index contributed by atoms with van der Waals surface area (Å²) in [5, 5.41) is 26.0. The second-order valence-electron chi connectivity index (χ2n) is 34.5. The van der Waals surface area contributed by atoms with Crippen molar-refractivity contribution < 1.29 is 136 Å². The number of aliphatic hydroxyl groups is 1. The Morgan fingerprint density at radius 1 is 0.284 bits per heavy atom. The topological polar surface area (TPSA) is 402 Å². The van der Waals surface area contributed by atoms with Crippen LogP contribution in [0.25, 0.3) is 0 Å². The number of carbonyl (C=O) groups is 5. The molecule has 141 heavy (non-hydrogen) atoms. The Morgan fingerprint density at radius 2 is 0.504 bits per heavy atom. The average molecular weight is 2010 g/mol. The molecule has 9 aromatic rings. The standard InChI is InChI=1S/C104H128N5O29P3/c1-71(111)106-91-88(135-84(55-110)95(123-56-75-35-17-8-18-36-75)99(91)127-60-79-43-25-12-26-44-79)68-139(116,119-5)132-65-85-96(124-57-76-37-19-9-20-38-76)100(128-61-80-45-27-13-28-46-80)92(107-72(2)112)89(136-85)69-140(117,120-6)133-66-86-97(125-58-77-39-21-10-22-40-77)101(129-62-81-47-29-14-30-48-81)93(108-73(3)113)90(137-86)70-141(118,121-7)134-67-87-98(126-59-78-41-23-11-24-42-78)102(130-63-82-49-31-15-32-50-82)94(109-74(4)114)103(138-87)122-54-53-105-104(115)131-64-83-51-33-16-34-52-83/h8-52,84-103,110H,53-70H2,1-7H3,(H,105,115)(H,106,111)(H,107,112)(H,108,113)(H,109,114)/t84-,85-,86-,87-,88-,89-,90-,91-,92-,93-,94+,95-,96-,97-,98-,99-,100-,101-,102-,103+,139?,140?,141?/m1/s1. The van der Waals surface area contributed by atoms with Gasteiger partial charge in [-0.3, -0.25) is 32.9 Å². The van der Waals surface area contributed by atoms with Crippen molar-refractivity contribution in [1.29, 1.82) is 0 Å².